The van der Waals surface area contributed by atoms with Crippen LogP contribution in [0.1, 0.15) is 25.6 Å². The van der Waals surface area contributed by atoms with E-state index >= 15 is 0 Å². The molecule has 0 radical (unpaired) electrons. The van der Waals surface area contributed by atoms with Gasteiger partial charge < -0.3 is 16.0 Å². The van der Waals surface area contributed by atoms with Crippen molar-refractivity contribution >= 4 is 11.7 Å². The van der Waals surface area contributed by atoms with E-state index < -0.39 is 0 Å². The van der Waals surface area contributed by atoms with Crippen molar-refractivity contribution in [2.45, 2.75) is 32.2 Å². The number of nitrogens with zero attached hydrogens (tertiary/aromatic N) is 2. The molecule has 0 bridgehead atoms. The maximum Gasteiger partial charge on any atom is 0.319 e. The van der Waals surface area contributed by atoms with Crippen LogP contribution in [0.25, 0.3) is 11.4 Å². The highest BCUT2D eigenvalue weighted by molar-refractivity contribution is 5.90. The SMILES string of the molecule is CCc1nc(-c2cccc(NC(=O)NC3CCCNC3)c2)n[nH]1. The molecule has 1 fully saturated rings. The maximum absolute atomic E-state index is 12.1. The number of carbonyl (C=O) groups is 1. The van der Waals surface area contributed by atoms with E-state index in [-0.39, 0.29) is 12.1 Å². The standard InChI is InChI=1S/C16H22N6O/c1-2-14-20-15(22-21-14)11-5-3-6-12(9-11)18-16(23)19-13-7-4-8-17-10-13/h3,5-6,9,13,17H,2,4,7-8,10H2,1H3,(H2,18,19,23)(H,20,21,22). The fraction of sp³-hybridized carbons (Fsp3) is 0.438. The first-order chi connectivity index (χ1) is 11.2. The Bertz CT molecular complexity index is 662. The number of H-pyrrole nitrogens is 1. The summed E-state index contributed by atoms with van der Waals surface area (Å²) in [6.07, 6.45) is 2.91. The molecule has 2 heterocycles. The molecule has 1 aliphatic heterocycles. The van der Waals surface area contributed by atoms with Gasteiger partial charge in [0.15, 0.2) is 5.82 Å². The largest absolute Gasteiger partial charge is 0.334 e. The second-order valence-corrected chi connectivity index (χ2v) is 5.68. The van der Waals surface area contributed by atoms with E-state index in [1.165, 1.54) is 0 Å². The van der Waals surface area contributed by atoms with Gasteiger partial charge in [-0.25, -0.2) is 9.78 Å². The molecule has 122 valence electrons. The number of hydrogen-bond acceptors (Lipinski definition) is 4. The molecule has 3 rings (SSSR count). The number of aromatic nitrogens is 3. The molecule has 4 N–H and O–H groups in total. The summed E-state index contributed by atoms with van der Waals surface area (Å²) in [4.78, 5) is 16.5. The molecule has 1 atom stereocenters. The van der Waals surface area contributed by atoms with Gasteiger partial charge in [0.25, 0.3) is 0 Å². The van der Waals surface area contributed by atoms with Gasteiger partial charge in [0, 0.05) is 30.3 Å². The van der Waals surface area contributed by atoms with Crippen LogP contribution in [0.3, 0.4) is 0 Å². The van der Waals surface area contributed by atoms with Crippen LogP contribution in [0, 0.1) is 0 Å². The van der Waals surface area contributed by atoms with Gasteiger partial charge in [-0.05, 0) is 31.5 Å². The van der Waals surface area contributed by atoms with Gasteiger partial charge in [-0.2, -0.15) is 5.10 Å². The van der Waals surface area contributed by atoms with E-state index in [4.69, 9.17) is 0 Å². The second kappa shape index (κ2) is 7.23. The summed E-state index contributed by atoms with van der Waals surface area (Å²) in [6.45, 7) is 3.87. The topological polar surface area (TPSA) is 94.7 Å². The third-order valence-electron chi connectivity index (χ3n) is 3.88. The molecule has 0 saturated carbocycles. The zero-order chi connectivity index (χ0) is 16.1. The van der Waals surface area contributed by atoms with Crippen LogP contribution >= 0.6 is 0 Å². The van der Waals surface area contributed by atoms with Crippen LogP contribution in [0.4, 0.5) is 10.5 Å². The van der Waals surface area contributed by atoms with Gasteiger partial charge in [0.1, 0.15) is 5.82 Å². The molecule has 7 nitrogen and oxygen atoms in total. The summed E-state index contributed by atoms with van der Waals surface area (Å²) < 4.78 is 0. The van der Waals surface area contributed by atoms with E-state index in [1.807, 2.05) is 31.2 Å². The summed E-state index contributed by atoms with van der Waals surface area (Å²) in [6, 6.07) is 7.55. The molecule has 1 aromatic heterocycles. The highest BCUT2D eigenvalue weighted by atomic mass is 16.2. The smallest absolute Gasteiger partial charge is 0.319 e. The Morgan fingerprint density at radius 1 is 1.43 bits per heavy atom. The Hall–Kier alpha value is -2.41. The Morgan fingerprint density at radius 2 is 2.35 bits per heavy atom. The Balaban J connectivity index is 1.63. The number of benzene rings is 1. The van der Waals surface area contributed by atoms with Crippen molar-refractivity contribution in [3.05, 3.63) is 30.1 Å². The lowest BCUT2D eigenvalue weighted by molar-refractivity contribution is 0.245. The van der Waals surface area contributed by atoms with Gasteiger partial charge in [-0.3, -0.25) is 5.10 Å². The maximum atomic E-state index is 12.1. The summed E-state index contributed by atoms with van der Waals surface area (Å²) >= 11 is 0. The first-order valence-electron chi connectivity index (χ1n) is 8.04. The van der Waals surface area contributed by atoms with Crippen LogP contribution < -0.4 is 16.0 Å². The number of hydrogen-bond donors (Lipinski definition) is 4. The Morgan fingerprint density at radius 3 is 3.09 bits per heavy atom. The molecule has 1 saturated heterocycles. The fourth-order valence-corrected chi connectivity index (χ4v) is 2.65. The van der Waals surface area contributed by atoms with Gasteiger partial charge in [-0.15, -0.1) is 0 Å². The van der Waals surface area contributed by atoms with E-state index in [1.54, 1.807) is 0 Å². The molecular weight excluding hydrogens is 292 g/mol. The van der Waals surface area contributed by atoms with Crippen LogP contribution in [-0.2, 0) is 6.42 Å². The van der Waals surface area contributed by atoms with E-state index in [9.17, 15) is 4.79 Å². The van der Waals surface area contributed by atoms with Gasteiger partial charge in [-0.1, -0.05) is 19.1 Å². The zero-order valence-electron chi connectivity index (χ0n) is 13.2. The van der Waals surface area contributed by atoms with E-state index in [2.05, 4.69) is 31.1 Å². The minimum Gasteiger partial charge on any atom is -0.334 e. The minimum absolute atomic E-state index is 0.180. The first-order valence-corrected chi connectivity index (χ1v) is 8.04. The van der Waals surface area contributed by atoms with Crippen molar-refractivity contribution in [1.29, 1.82) is 0 Å². The van der Waals surface area contributed by atoms with Crippen molar-refractivity contribution in [2.75, 3.05) is 18.4 Å². The Kier molecular flexibility index (Phi) is 4.87. The monoisotopic (exact) mass is 314 g/mol. The summed E-state index contributed by atoms with van der Waals surface area (Å²) in [5.74, 6) is 1.49. The Labute approximate surface area is 135 Å². The number of piperidine rings is 1. The number of amides is 2. The highest BCUT2D eigenvalue weighted by Crippen LogP contribution is 2.19. The van der Waals surface area contributed by atoms with E-state index in [0.29, 0.717) is 5.82 Å². The lowest BCUT2D eigenvalue weighted by atomic mass is 10.1. The number of urea groups is 1. The quantitative estimate of drug-likeness (QED) is 0.693. The van der Waals surface area contributed by atoms with Crippen molar-refractivity contribution in [2.24, 2.45) is 0 Å². The molecule has 0 spiro atoms. The van der Waals surface area contributed by atoms with Gasteiger partial charge in [0.2, 0.25) is 0 Å². The number of rotatable bonds is 4. The summed E-state index contributed by atoms with van der Waals surface area (Å²) in [5, 5.41) is 16.2. The lowest BCUT2D eigenvalue weighted by Gasteiger charge is -2.23. The third kappa shape index (κ3) is 4.07. The molecule has 2 aromatic rings. The highest BCUT2D eigenvalue weighted by Gasteiger charge is 2.15. The van der Waals surface area contributed by atoms with Gasteiger partial charge in [0.05, 0.1) is 0 Å². The van der Waals surface area contributed by atoms with Crippen LogP contribution in [-0.4, -0.2) is 40.3 Å². The minimum atomic E-state index is -0.180. The summed E-state index contributed by atoms with van der Waals surface area (Å²) in [7, 11) is 0. The first kappa shape index (κ1) is 15.5. The molecule has 1 unspecified atom stereocenters. The third-order valence-corrected chi connectivity index (χ3v) is 3.88. The number of anilines is 1. The number of carbonyl (C=O) groups excluding carboxylic acids is 1. The van der Waals surface area contributed by atoms with Crippen molar-refractivity contribution < 1.29 is 4.79 Å². The predicted octanol–water partition coefficient (Wildman–Crippen LogP) is 1.91. The molecular formula is C16H22N6O. The lowest BCUT2D eigenvalue weighted by Crippen LogP contribution is -2.47. The predicted molar refractivity (Wildman–Crippen MR) is 89.2 cm³/mol. The van der Waals surface area contributed by atoms with Crippen LogP contribution in [0.15, 0.2) is 24.3 Å². The van der Waals surface area contributed by atoms with E-state index in [0.717, 1.165) is 49.4 Å². The average molecular weight is 314 g/mol. The summed E-state index contributed by atoms with van der Waals surface area (Å²) in [5.41, 5.74) is 1.60. The molecule has 2 amide bonds. The molecule has 1 aromatic carbocycles. The molecule has 0 aliphatic carbocycles. The second-order valence-electron chi connectivity index (χ2n) is 5.68. The molecule has 7 heteroatoms. The molecule has 23 heavy (non-hydrogen) atoms. The normalized spacial score (nSPS) is 17.7. The van der Waals surface area contributed by atoms with Crippen molar-refractivity contribution in [1.82, 2.24) is 25.8 Å². The van der Waals surface area contributed by atoms with Crippen molar-refractivity contribution in [3.8, 4) is 11.4 Å². The molecule has 1 aliphatic rings. The zero-order valence-corrected chi connectivity index (χ0v) is 13.2. The number of nitrogens with one attached hydrogen (secondary N) is 4. The fourth-order valence-electron chi connectivity index (χ4n) is 2.65. The number of aromatic amines is 1. The van der Waals surface area contributed by atoms with Crippen LogP contribution in [0.5, 0.6) is 0 Å². The number of aryl methyl sites for hydroxylation is 1. The van der Waals surface area contributed by atoms with Gasteiger partial charge >= 0.3 is 6.03 Å². The average Bonchev–Trinajstić information content (AvgIpc) is 3.05. The van der Waals surface area contributed by atoms with Crippen LogP contribution in [0.2, 0.25) is 0 Å². The van der Waals surface area contributed by atoms with Crippen molar-refractivity contribution in [3.63, 3.8) is 0 Å².